The summed E-state index contributed by atoms with van der Waals surface area (Å²) >= 11 is 0. The number of H-pyrrole nitrogens is 1. The summed E-state index contributed by atoms with van der Waals surface area (Å²) in [7, 11) is 0. The van der Waals surface area contributed by atoms with Crippen LogP contribution in [0.2, 0.25) is 0 Å². The third-order valence-corrected chi connectivity index (χ3v) is 4.40. The lowest BCUT2D eigenvalue weighted by molar-refractivity contribution is -0.274. The molecule has 0 saturated carbocycles. The number of fused-ring (bicyclic) bond motifs is 1. The van der Waals surface area contributed by atoms with E-state index >= 15 is 0 Å². The molecule has 4 rings (SSSR count). The second-order valence-corrected chi connectivity index (χ2v) is 6.67. The van der Waals surface area contributed by atoms with Crippen LogP contribution in [-0.4, -0.2) is 22.2 Å². The van der Waals surface area contributed by atoms with Gasteiger partial charge in [0.15, 0.2) is 0 Å². The molecule has 0 atom stereocenters. The summed E-state index contributed by atoms with van der Waals surface area (Å²) in [6.45, 7) is 0. The highest BCUT2D eigenvalue weighted by molar-refractivity contribution is 6.04. The highest BCUT2D eigenvalue weighted by Gasteiger charge is 2.30. The molecule has 2 heterocycles. The van der Waals surface area contributed by atoms with Crippen molar-refractivity contribution in [3.63, 3.8) is 0 Å². The fourth-order valence-electron chi connectivity index (χ4n) is 2.97. The molecule has 32 heavy (non-hydrogen) atoms. The highest BCUT2D eigenvalue weighted by atomic mass is 19.4. The molecule has 0 spiro atoms. The SMILES string of the molecule is O=C(Nc1ccc(OC(F)(F)F)cc1)c1ccc(Nc2ccnc3[nH]c(=O)ccc23)cc1. The van der Waals surface area contributed by atoms with E-state index < -0.39 is 12.3 Å². The van der Waals surface area contributed by atoms with E-state index in [9.17, 15) is 22.8 Å². The third-order valence-electron chi connectivity index (χ3n) is 4.40. The molecule has 0 aliphatic heterocycles. The van der Waals surface area contributed by atoms with Crippen LogP contribution >= 0.6 is 0 Å². The van der Waals surface area contributed by atoms with Crippen molar-refractivity contribution in [2.75, 3.05) is 10.6 Å². The Morgan fingerprint density at radius 3 is 2.28 bits per heavy atom. The van der Waals surface area contributed by atoms with Crippen molar-refractivity contribution in [2.45, 2.75) is 6.36 Å². The Labute approximate surface area is 178 Å². The van der Waals surface area contributed by atoms with Crippen molar-refractivity contribution in [3.8, 4) is 5.75 Å². The fourth-order valence-corrected chi connectivity index (χ4v) is 2.97. The first-order chi connectivity index (χ1) is 15.3. The number of hydrogen-bond acceptors (Lipinski definition) is 5. The van der Waals surface area contributed by atoms with E-state index in [4.69, 9.17) is 0 Å². The molecule has 4 aromatic rings. The van der Waals surface area contributed by atoms with Gasteiger partial charge in [-0.15, -0.1) is 13.2 Å². The fraction of sp³-hybridized carbons (Fsp3) is 0.0455. The van der Waals surface area contributed by atoms with Crippen molar-refractivity contribution in [2.24, 2.45) is 0 Å². The maximum Gasteiger partial charge on any atom is 0.573 e. The van der Waals surface area contributed by atoms with Crippen LogP contribution in [0.5, 0.6) is 5.75 Å². The highest BCUT2D eigenvalue weighted by Crippen LogP contribution is 2.25. The summed E-state index contributed by atoms with van der Waals surface area (Å²) in [5, 5.41) is 6.54. The summed E-state index contributed by atoms with van der Waals surface area (Å²) in [6, 6.07) is 16.3. The molecular formula is C22H15F3N4O3. The van der Waals surface area contributed by atoms with Gasteiger partial charge in [-0.25, -0.2) is 4.98 Å². The molecule has 3 N–H and O–H groups in total. The van der Waals surface area contributed by atoms with Gasteiger partial charge in [-0.05, 0) is 60.7 Å². The molecule has 0 aliphatic rings. The van der Waals surface area contributed by atoms with Crippen LogP contribution < -0.4 is 20.9 Å². The molecule has 0 fully saturated rings. The Kier molecular flexibility index (Phi) is 5.50. The van der Waals surface area contributed by atoms with E-state index in [2.05, 4.69) is 25.3 Å². The first kappa shape index (κ1) is 20.9. The van der Waals surface area contributed by atoms with E-state index in [-0.39, 0.29) is 11.3 Å². The molecule has 0 saturated heterocycles. The topological polar surface area (TPSA) is 96.1 Å². The molecule has 7 nitrogen and oxygen atoms in total. The molecule has 162 valence electrons. The van der Waals surface area contributed by atoms with Gasteiger partial charge in [0.05, 0.1) is 5.69 Å². The van der Waals surface area contributed by atoms with E-state index in [0.29, 0.717) is 22.6 Å². The molecule has 1 amide bonds. The monoisotopic (exact) mass is 440 g/mol. The maximum absolute atomic E-state index is 12.4. The van der Waals surface area contributed by atoms with E-state index in [0.717, 1.165) is 23.2 Å². The average molecular weight is 440 g/mol. The maximum atomic E-state index is 12.4. The van der Waals surface area contributed by atoms with Crippen molar-refractivity contribution in [1.82, 2.24) is 9.97 Å². The number of ether oxygens (including phenoxy) is 1. The van der Waals surface area contributed by atoms with Crippen LogP contribution in [0.3, 0.4) is 0 Å². The zero-order valence-electron chi connectivity index (χ0n) is 16.2. The average Bonchev–Trinajstić information content (AvgIpc) is 2.74. The zero-order chi connectivity index (χ0) is 22.7. The molecule has 2 aromatic carbocycles. The van der Waals surface area contributed by atoms with Crippen molar-refractivity contribution in [1.29, 1.82) is 0 Å². The second-order valence-electron chi connectivity index (χ2n) is 6.67. The van der Waals surface area contributed by atoms with Crippen LogP contribution in [0, 0.1) is 0 Å². The minimum atomic E-state index is -4.78. The predicted octanol–water partition coefficient (Wildman–Crippen LogP) is 4.82. The number of rotatable bonds is 5. The van der Waals surface area contributed by atoms with Crippen LogP contribution in [0.25, 0.3) is 11.0 Å². The number of anilines is 3. The van der Waals surface area contributed by atoms with Crippen LogP contribution in [0.1, 0.15) is 10.4 Å². The van der Waals surface area contributed by atoms with Gasteiger partial charge in [0.25, 0.3) is 5.91 Å². The quantitative estimate of drug-likeness (QED) is 0.414. The molecule has 0 unspecified atom stereocenters. The van der Waals surface area contributed by atoms with E-state index in [1.165, 1.54) is 18.2 Å². The number of nitrogens with zero attached hydrogens (tertiary/aromatic N) is 1. The number of pyridine rings is 2. The standard InChI is InChI=1S/C22H15F3N4O3/c23-22(24,25)32-16-7-5-15(6-8-16)28-21(31)13-1-3-14(4-2-13)27-18-11-12-26-20-17(18)9-10-19(30)29-20/h1-12H,(H,28,31)(H2,26,27,29,30). The van der Waals surface area contributed by atoms with Gasteiger partial charge in [0.1, 0.15) is 11.4 Å². The van der Waals surface area contributed by atoms with Crippen molar-refractivity contribution < 1.29 is 22.7 Å². The first-order valence-electron chi connectivity index (χ1n) is 9.29. The summed E-state index contributed by atoms with van der Waals surface area (Å²) in [4.78, 5) is 30.7. The number of alkyl halides is 3. The third kappa shape index (κ3) is 5.04. The summed E-state index contributed by atoms with van der Waals surface area (Å²) in [5.74, 6) is -0.799. The summed E-state index contributed by atoms with van der Waals surface area (Å²) in [5.41, 5.74) is 2.31. The van der Waals surface area contributed by atoms with Crippen LogP contribution in [0.15, 0.2) is 77.7 Å². The van der Waals surface area contributed by atoms with Gasteiger partial charge in [-0.3, -0.25) is 9.59 Å². The number of amides is 1. The number of carbonyl (C=O) groups excluding carboxylic acids is 1. The molecule has 0 bridgehead atoms. The number of carbonyl (C=O) groups is 1. The van der Waals surface area contributed by atoms with Crippen molar-refractivity contribution in [3.05, 3.63) is 88.8 Å². The van der Waals surface area contributed by atoms with Crippen LogP contribution in [-0.2, 0) is 0 Å². The number of halogens is 3. The summed E-state index contributed by atoms with van der Waals surface area (Å²) < 4.78 is 40.5. The molecule has 10 heteroatoms. The zero-order valence-corrected chi connectivity index (χ0v) is 16.2. The number of aromatic amines is 1. The number of nitrogens with one attached hydrogen (secondary N) is 3. The summed E-state index contributed by atoms with van der Waals surface area (Å²) in [6.07, 6.45) is -3.21. The van der Waals surface area contributed by atoms with E-state index in [1.54, 1.807) is 42.6 Å². The predicted molar refractivity (Wildman–Crippen MR) is 113 cm³/mol. The minimum absolute atomic E-state index is 0.250. The Balaban J connectivity index is 1.43. The number of hydrogen-bond donors (Lipinski definition) is 3. The largest absolute Gasteiger partial charge is 0.573 e. The van der Waals surface area contributed by atoms with Gasteiger partial charge in [-0.2, -0.15) is 0 Å². The number of benzene rings is 2. The second kappa shape index (κ2) is 8.42. The minimum Gasteiger partial charge on any atom is -0.406 e. The smallest absolute Gasteiger partial charge is 0.406 e. The first-order valence-corrected chi connectivity index (χ1v) is 9.29. The van der Waals surface area contributed by atoms with Gasteiger partial charge in [0.2, 0.25) is 5.56 Å². The molecule has 2 aromatic heterocycles. The lowest BCUT2D eigenvalue weighted by Crippen LogP contribution is -2.17. The molecule has 0 radical (unpaired) electrons. The molecular weight excluding hydrogens is 425 g/mol. The van der Waals surface area contributed by atoms with Gasteiger partial charge in [0, 0.05) is 34.6 Å². The Morgan fingerprint density at radius 2 is 1.59 bits per heavy atom. The Morgan fingerprint density at radius 1 is 0.906 bits per heavy atom. The number of aromatic nitrogens is 2. The van der Waals surface area contributed by atoms with Crippen LogP contribution in [0.4, 0.5) is 30.2 Å². The van der Waals surface area contributed by atoms with Crippen molar-refractivity contribution >= 4 is 34.0 Å². The normalized spacial score (nSPS) is 11.2. The molecule has 0 aliphatic carbocycles. The van der Waals surface area contributed by atoms with Gasteiger partial charge in [-0.1, -0.05) is 0 Å². The van der Waals surface area contributed by atoms with E-state index in [1.807, 2.05) is 0 Å². The van der Waals surface area contributed by atoms with Gasteiger partial charge >= 0.3 is 6.36 Å². The lowest BCUT2D eigenvalue weighted by Gasteiger charge is -2.11. The Hall–Kier alpha value is -4.34. The Bertz CT molecular complexity index is 1320. The lowest BCUT2D eigenvalue weighted by atomic mass is 10.1. The van der Waals surface area contributed by atoms with Gasteiger partial charge < -0.3 is 20.4 Å².